The Hall–Kier alpha value is -2.62. The molecule has 1 amide bonds. The van der Waals surface area contributed by atoms with Gasteiger partial charge in [0, 0.05) is 19.6 Å². The van der Waals surface area contributed by atoms with E-state index >= 15 is 0 Å². The molecule has 9 heteroatoms. The summed E-state index contributed by atoms with van der Waals surface area (Å²) in [5.41, 5.74) is 2.31. The molecule has 2 aliphatic heterocycles. The highest BCUT2D eigenvalue weighted by molar-refractivity contribution is 7.86. The highest BCUT2D eigenvalue weighted by atomic mass is 32.2. The molecule has 1 spiro atoms. The number of benzene rings is 2. The lowest BCUT2D eigenvalue weighted by Gasteiger charge is -2.50. The summed E-state index contributed by atoms with van der Waals surface area (Å²) in [7, 11) is 0.689. The molecule has 8 nitrogen and oxygen atoms in total. The zero-order chi connectivity index (χ0) is 25.0. The number of ether oxygens (including phenoxy) is 3. The molecule has 0 bridgehead atoms. The van der Waals surface area contributed by atoms with Crippen LogP contribution in [0.2, 0.25) is 0 Å². The molecule has 188 valence electrons. The van der Waals surface area contributed by atoms with Gasteiger partial charge in [-0.15, -0.1) is 0 Å². The summed E-state index contributed by atoms with van der Waals surface area (Å²) in [6.07, 6.45) is 1.34. The average molecular weight is 502 g/mol. The maximum Gasteiger partial charge on any atom is 0.297 e. The van der Waals surface area contributed by atoms with Crippen LogP contribution in [0.3, 0.4) is 0 Å². The molecule has 4 atom stereocenters. The summed E-state index contributed by atoms with van der Waals surface area (Å²) < 4.78 is 49.0. The van der Waals surface area contributed by atoms with Crippen LogP contribution in [0.4, 0.5) is 0 Å². The third-order valence-corrected chi connectivity index (χ3v) is 9.20. The summed E-state index contributed by atoms with van der Waals surface area (Å²) in [6, 6.07) is 10.4. The Morgan fingerprint density at radius 2 is 1.71 bits per heavy atom. The van der Waals surface area contributed by atoms with Gasteiger partial charge in [-0.1, -0.05) is 17.7 Å². The number of methoxy groups -OCH3 is 3. The highest BCUT2D eigenvalue weighted by Gasteiger charge is 2.64. The van der Waals surface area contributed by atoms with Crippen molar-refractivity contribution in [2.45, 2.75) is 55.2 Å². The van der Waals surface area contributed by atoms with Crippen molar-refractivity contribution in [3.8, 4) is 11.5 Å². The second kappa shape index (κ2) is 8.80. The van der Waals surface area contributed by atoms with Crippen molar-refractivity contribution in [2.75, 3.05) is 27.9 Å². The number of hydrogen-bond donors (Lipinski definition) is 0. The number of nitrogens with zero attached hydrogens (tertiary/aromatic N) is 1. The maximum absolute atomic E-state index is 13.8. The van der Waals surface area contributed by atoms with Crippen molar-refractivity contribution in [3.63, 3.8) is 0 Å². The van der Waals surface area contributed by atoms with Crippen LogP contribution in [0.1, 0.15) is 36.0 Å². The normalized spacial score (nSPS) is 27.7. The van der Waals surface area contributed by atoms with Gasteiger partial charge < -0.3 is 19.1 Å². The molecule has 0 unspecified atom stereocenters. The van der Waals surface area contributed by atoms with E-state index in [-0.39, 0.29) is 16.9 Å². The topological polar surface area (TPSA) is 91.4 Å². The van der Waals surface area contributed by atoms with Gasteiger partial charge in [-0.2, -0.15) is 8.42 Å². The van der Waals surface area contributed by atoms with Crippen LogP contribution >= 0.6 is 0 Å². The molecule has 1 aliphatic carbocycles. The predicted octanol–water partition coefficient (Wildman–Crippen LogP) is 3.20. The van der Waals surface area contributed by atoms with Gasteiger partial charge in [-0.3, -0.25) is 8.98 Å². The standard InChI is InChI=1S/C26H31NO7S/c1-16-5-7-19(8-6-16)35(29,30)34-24-21-14-18(31-2)9-11-26(21)20-15-23(33-4)22(32-3)13-17(20)10-12-27(26)25(24)28/h5-8,13,15,18,21,24H,9-12,14H2,1-4H3/t18-,21+,24+,26-/m1/s1. The Morgan fingerprint density at radius 3 is 2.37 bits per heavy atom. The molecule has 5 rings (SSSR count). The predicted molar refractivity (Wildman–Crippen MR) is 128 cm³/mol. The molecule has 35 heavy (non-hydrogen) atoms. The lowest BCUT2D eigenvalue weighted by molar-refractivity contribution is -0.136. The fraction of sp³-hybridized carbons (Fsp3) is 0.500. The van der Waals surface area contributed by atoms with Crippen molar-refractivity contribution in [1.29, 1.82) is 0 Å². The third-order valence-electron chi connectivity index (χ3n) is 7.89. The van der Waals surface area contributed by atoms with Crippen LogP contribution in [0, 0.1) is 12.8 Å². The van der Waals surface area contributed by atoms with Crippen molar-refractivity contribution in [3.05, 3.63) is 53.1 Å². The summed E-state index contributed by atoms with van der Waals surface area (Å²) in [4.78, 5) is 15.7. The largest absolute Gasteiger partial charge is 0.493 e. The molecule has 1 saturated heterocycles. The van der Waals surface area contributed by atoms with Crippen LogP contribution in [0.5, 0.6) is 11.5 Å². The number of aryl methyl sites for hydroxylation is 1. The lowest BCUT2D eigenvalue weighted by atomic mass is 9.65. The Bertz CT molecular complexity index is 1240. The summed E-state index contributed by atoms with van der Waals surface area (Å²) in [5, 5.41) is 0. The van der Waals surface area contributed by atoms with E-state index in [4.69, 9.17) is 18.4 Å². The summed E-state index contributed by atoms with van der Waals surface area (Å²) in [5.74, 6) is 0.533. The number of carbonyl (C=O) groups is 1. The van der Waals surface area contributed by atoms with E-state index < -0.39 is 27.7 Å². The van der Waals surface area contributed by atoms with Crippen LogP contribution in [-0.2, 0) is 35.8 Å². The fourth-order valence-corrected chi connectivity index (χ4v) is 7.24. The van der Waals surface area contributed by atoms with Crippen molar-refractivity contribution >= 4 is 16.0 Å². The molecular formula is C26H31NO7S. The molecule has 0 N–H and O–H groups in total. The van der Waals surface area contributed by atoms with Gasteiger partial charge in [-0.25, -0.2) is 0 Å². The Labute approximate surface area is 206 Å². The van der Waals surface area contributed by atoms with E-state index in [1.807, 2.05) is 24.0 Å². The van der Waals surface area contributed by atoms with E-state index in [9.17, 15) is 13.2 Å². The van der Waals surface area contributed by atoms with Gasteiger partial charge in [0.2, 0.25) is 0 Å². The highest BCUT2D eigenvalue weighted by Crippen LogP contribution is 2.57. The minimum Gasteiger partial charge on any atom is -0.493 e. The van der Waals surface area contributed by atoms with Crippen molar-refractivity contribution < 1.29 is 31.6 Å². The lowest BCUT2D eigenvalue weighted by Crippen LogP contribution is -2.53. The Kier molecular flexibility index (Phi) is 6.05. The molecule has 3 aliphatic rings. The minimum absolute atomic E-state index is 0.0423. The van der Waals surface area contributed by atoms with Gasteiger partial charge in [-0.05, 0) is 68.0 Å². The van der Waals surface area contributed by atoms with Crippen LogP contribution < -0.4 is 9.47 Å². The van der Waals surface area contributed by atoms with Gasteiger partial charge in [0.1, 0.15) is 0 Å². The summed E-state index contributed by atoms with van der Waals surface area (Å²) >= 11 is 0. The second-order valence-electron chi connectivity index (χ2n) is 9.55. The molecule has 2 aromatic carbocycles. The zero-order valence-electron chi connectivity index (χ0n) is 20.4. The number of fused-ring (bicyclic) bond motifs is 1. The first-order chi connectivity index (χ1) is 16.7. The molecule has 2 fully saturated rings. The monoisotopic (exact) mass is 501 g/mol. The molecule has 2 heterocycles. The minimum atomic E-state index is -4.15. The van der Waals surface area contributed by atoms with E-state index in [0.717, 1.165) is 23.1 Å². The van der Waals surface area contributed by atoms with E-state index in [2.05, 4.69) is 0 Å². The van der Waals surface area contributed by atoms with Crippen molar-refractivity contribution in [2.24, 2.45) is 5.92 Å². The van der Waals surface area contributed by atoms with Crippen LogP contribution in [-0.4, -0.2) is 59.3 Å². The first-order valence-electron chi connectivity index (χ1n) is 11.8. The number of rotatable bonds is 6. The molecule has 2 aromatic rings. The van der Waals surface area contributed by atoms with Gasteiger partial charge in [0.15, 0.2) is 17.6 Å². The van der Waals surface area contributed by atoms with E-state index in [0.29, 0.717) is 37.3 Å². The average Bonchev–Trinajstić information content (AvgIpc) is 3.10. The molecule has 0 aromatic heterocycles. The first kappa shape index (κ1) is 24.1. The quantitative estimate of drug-likeness (QED) is 0.562. The van der Waals surface area contributed by atoms with E-state index in [1.54, 1.807) is 33.5 Å². The smallest absolute Gasteiger partial charge is 0.297 e. The number of amides is 1. The van der Waals surface area contributed by atoms with Crippen LogP contribution in [0.15, 0.2) is 41.3 Å². The van der Waals surface area contributed by atoms with Crippen molar-refractivity contribution in [1.82, 2.24) is 4.90 Å². The number of hydrogen-bond acceptors (Lipinski definition) is 7. The molecular weight excluding hydrogens is 470 g/mol. The van der Waals surface area contributed by atoms with Gasteiger partial charge in [0.05, 0.1) is 30.8 Å². The molecule has 1 saturated carbocycles. The summed E-state index contributed by atoms with van der Waals surface area (Å²) in [6.45, 7) is 2.37. The third kappa shape index (κ3) is 3.72. The fourth-order valence-electron chi connectivity index (χ4n) is 6.17. The first-order valence-corrected chi connectivity index (χ1v) is 13.3. The SMILES string of the molecule is COc1cc2c(cc1OC)[C@]13CC[C@@H](OC)C[C@H]1[C@H](OS(=O)(=O)c1ccc(C)cc1)C(=O)N3CC2. The van der Waals surface area contributed by atoms with Gasteiger partial charge in [0.25, 0.3) is 16.0 Å². The van der Waals surface area contributed by atoms with Crippen LogP contribution in [0.25, 0.3) is 0 Å². The maximum atomic E-state index is 13.8. The number of carbonyl (C=O) groups excluding carboxylic acids is 1. The zero-order valence-corrected chi connectivity index (χ0v) is 21.3. The molecule has 0 radical (unpaired) electrons. The van der Waals surface area contributed by atoms with E-state index in [1.165, 1.54) is 12.1 Å². The Balaban J connectivity index is 1.61. The Morgan fingerprint density at radius 1 is 1.03 bits per heavy atom. The van der Waals surface area contributed by atoms with Gasteiger partial charge >= 0.3 is 0 Å². The second-order valence-corrected chi connectivity index (χ2v) is 11.1.